The van der Waals surface area contributed by atoms with E-state index >= 15 is 0 Å². The number of carboxylic acid groups (broad SMARTS) is 1. The number of carboxylic acids is 1. The summed E-state index contributed by atoms with van der Waals surface area (Å²) < 4.78 is 5.55. The van der Waals surface area contributed by atoms with E-state index in [9.17, 15) is 14.4 Å². The van der Waals surface area contributed by atoms with Crippen molar-refractivity contribution in [2.45, 2.75) is 27.2 Å². The summed E-state index contributed by atoms with van der Waals surface area (Å²) in [6.45, 7) is 5.23. The quantitative estimate of drug-likeness (QED) is 0.740. The molecule has 0 saturated heterocycles. The Morgan fingerprint density at radius 1 is 1.04 bits per heavy atom. The predicted molar refractivity (Wildman–Crippen MR) is 98.1 cm³/mol. The summed E-state index contributed by atoms with van der Waals surface area (Å²) in [6.07, 6.45) is 0.330. The third-order valence-corrected chi connectivity index (χ3v) is 4.01. The van der Waals surface area contributed by atoms with Crippen molar-refractivity contribution < 1.29 is 24.2 Å². The van der Waals surface area contributed by atoms with Crippen molar-refractivity contribution in [2.75, 3.05) is 11.9 Å². The highest BCUT2D eigenvalue weighted by Crippen LogP contribution is 2.25. The minimum atomic E-state index is -1.13. The number of hydrogen-bond donors (Lipinski definition) is 2. The van der Waals surface area contributed by atoms with Crippen LogP contribution in [-0.4, -0.2) is 29.4 Å². The number of carbonyl (C=O) groups is 3. The summed E-state index contributed by atoms with van der Waals surface area (Å²) in [5, 5.41) is 11.7. The SMILES string of the molecule is CCC(=O)c1cc(C)c(C)cc1OCC(=O)Nc1ccccc1C(=O)O. The smallest absolute Gasteiger partial charge is 0.337 e. The Morgan fingerprint density at radius 3 is 2.35 bits per heavy atom. The van der Waals surface area contributed by atoms with E-state index in [1.165, 1.54) is 12.1 Å². The maximum atomic E-state index is 12.1. The zero-order valence-electron chi connectivity index (χ0n) is 15.0. The molecule has 1 amide bonds. The molecule has 0 unspecified atom stereocenters. The lowest BCUT2D eigenvalue weighted by molar-refractivity contribution is -0.118. The average molecular weight is 355 g/mol. The molecule has 2 N–H and O–H groups in total. The van der Waals surface area contributed by atoms with Crippen molar-refractivity contribution >= 4 is 23.3 Å². The van der Waals surface area contributed by atoms with Gasteiger partial charge in [0.15, 0.2) is 12.4 Å². The lowest BCUT2D eigenvalue weighted by atomic mass is 10.0. The van der Waals surface area contributed by atoms with Crippen molar-refractivity contribution in [1.82, 2.24) is 0 Å². The lowest BCUT2D eigenvalue weighted by Gasteiger charge is -2.14. The second kappa shape index (κ2) is 8.29. The number of anilines is 1. The Morgan fingerprint density at radius 2 is 1.69 bits per heavy atom. The van der Waals surface area contributed by atoms with Crippen LogP contribution in [0.5, 0.6) is 5.75 Å². The van der Waals surface area contributed by atoms with Gasteiger partial charge in [0.05, 0.1) is 16.8 Å². The number of Topliss-reactive ketones (excluding diaryl/α,β-unsaturated/α-hetero) is 1. The molecule has 0 fully saturated rings. The standard InChI is InChI=1S/C20H21NO5/c1-4-17(22)15-9-12(2)13(3)10-18(15)26-11-19(23)21-16-8-6-5-7-14(16)20(24)25/h5-10H,4,11H2,1-3H3,(H,21,23)(H,24,25). The number of aromatic carboxylic acids is 1. The molecule has 0 saturated carbocycles. The lowest BCUT2D eigenvalue weighted by Crippen LogP contribution is -2.22. The molecule has 0 radical (unpaired) electrons. The van der Waals surface area contributed by atoms with Crippen LogP contribution in [0.25, 0.3) is 0 Å². The summed E-state index contributed by atoms with van der Waals surface area (Å²) in [7, 11) is 0. The topological polar surface area (TPSA) is 92.7 Å². The minimum Gasteiger partial charge on any atom is -0.483 e. The largest absolute Gasteiger partial charge is 0.483 e. The fraction of sp³-hybridized carbons (Fsp3) is 0.250. The number of ether oxygens (including phenoxy) is 1. The van der Waals surface area contributed by atoms with Crippen LogP contribution in [0.15, 0.2) is 36.4 Å². The first-order chi connectivity index (χ1) is 12.3. The molecule has 0 atom stereocenters. The molecule has 0 heterocycles. The van der Waals surface area contributed by atoms with E-state index in [0.29, 0.717) is 17.7 Å². The highest BCUT2D eigenvalue weighted by atomic mass is 16.5. The molecule has 26 heavy (non-hydrogen) atoms. The Balaban J connectivity index is 2.14. The zero-order valence-corrected chi connectivity index (χ0v) is 15.0. The fourth-order valence-corrected chi connectivity index (χ4v) is 2.43. The van der Waals surface area contributed by atoms with Crippen molar-refractivity contribution in [2.24, 2.45) is 0 Å². The van der Waals surface area contributed by atoms with Gasteiger partial charge in [-0.3, -0.25) is 9.59 Å². The highest BCUT2D eigenvalue weighted by Gasteiger charge is 2.16. The molecule has 2 aromatic rings. The van der Waals surface area contributed by atoms with Crippen LogP contribution < -0.4 is 10.1 Å². The van der Waals surface area contributed by atoms with Gasteiger partial charge in [-0.2, -0.15) is 0 Å². The van der Waals surface area contributed by atoms with Crippen molar-refractivity contribution in [3.8, 4) is 5.75 Å². The molecule has 6 nitrogen and oxygen atoms in total. The van der Waals surface area contributed by atoms with Crippen LogP contribution in [0.2, 0.25) is 0 Å². The molecule has 0 bridgehead atoms. The van der Waals surface area contributed by atoms with E-state index < -0.39 is 11.9 Å². The third-order valence-electron chi connectivity index (χ3n) is 4.01. The Labute approximate surface area is 151 Å². The van der Waals surface area contributed by atoms with Gasteiger partial charge in [-0.05, 0) is 49.2 Å². The molecule has 136 valence electrons. The van der Waals surface area contributed by atoms with Crippen molar-refractivity contribution in [3.63, 3.8) is 0 Å². The molecular formula is C20H21NO5. The van der Waals surface area contributed by atoms with E-state index in [2.05, 4.69) is 5.32 Å². The molecule has 0 aliphatic carbocycles. The van der Waals surface area contributed by atoms with Crippen LogP contribution >= 0.6 is 0 Å². The van der Waals surface area contributed by atoms with Gasteiger partial charge >= 0.3 is 5.97 Å². The Hall–Kier alpha value is -3.15. The van der Waals surface area contributed by atoms with E-state index in [0.717, 1.165) is 11.1 Å². The van der Waals surface area contributed by atoms with Crippen LogP contribution in [0.1, 0.15) is 45.2 Å². The van der Waals surface area contributed by atoms with Gasteiger partial charge in [-0.25, -0.2) is 4.79 Å². The molecule has 6 heteroatoms. The van der Waals surface area contributed by atoms with Crippen LogP contribution in [-0.2, 0) is 4.79 Å². The highest BCUT2D eigenvalue weighted by molar-refractivity contribution is 6.01. The second-order valence-corrected chi connectivity index (χ2v) is 5.90. The normalized spacial score (nSPS) is 10.3. The van der Waals surface area contributed by atoms with Gasteiger partial charge in [-0.15, -0.1) is 0 Å². The third kappa shape index (κ3) is 4.47. The number of hydrogen-bond acceptors (Lipinski definition) is 4. The van der Waals surface area contributed by atoms with Crippen LogP contribution in [0.4, 0.5) is 5.69 Å². The second-order valence-electron chi connectivity index (χ2n) is 5.90. The van der Waals surface area contributed by atoms with Gasteiger partial charge in [0.2, 0.25) is 0 Å². The first-order valence-electron chi connectivity index (χ1n) is 8.23. The van der Waals surface area contributed by atoms with Gasteiger partial charge < -0.3 is 15.2 Å². The van der Waals surface area contributed by atoms with E-state index in [1.54, 1.807) is 31.2 Å². The molecule has 0 spiro atoms. The number of aryl methyl sites for hydroxylation is 2. The molecule has 0 aliphatic rings. The maximum absolute atomic E-state index is 12.1. The molecule has 0 aromatic heterocycles. The maximum Gasteiger partial charge on any atom is 0.337 e. The van der Waals surface area contributed by atoms with E-state index in [1.807, 2.05) is 13.8 Å². The molecular weight excluding hydrogens is 334 g/mol. The average Bonchev–Trinajstić information content (AvgIpc) is 2.62. The first kappa shape index (κ1) is 19.2. The predicted octanol–water partition coefficient (Wildman–Crippen LogP) is 3.61. The summed E-state index contributed by atoms with van der Waals surface area (Å²) in [5.74, 6) is -1.36. The van der Waals surface area contributed by atoms with Crippen molar-refractivity contribution in [1.29, 1.82) is 0 Å². The van der Waals surface area contributed by atoms with E-state index in [-0.39, 0.29) is 23.6 Å². The first-order valence-corrected chi connectivity index (χ1v) is 8.23. The number of ketones is 1. The summed E-state index contributed by atoms with van der Waals surface area (Å²) in [4.78, 5) is 35.4. The number of amides is 1. The van der Waals surface area contributed by atoms with Crippen LogP contribution in [0.3, 0.4) is 0 Å². The number of benzene rings is 2. The van der Waals surface area contributed by atoms with Gasteiger partial charge in [0.25, 0.3) is 5.91 Å². The molecule has 2 rings (SSSR count). The zero-order chi connectivity index (χ0) is 19.3. The number of nitrogens with one attached hydrogen (secondary N) is 1. The van der Waals surface area contributed by atoms with Gasteiger partial charge in [0.1, 0.15) is 5.75 Å². The van der Waals surface area contributed by atoms with Gasteiger partial charge in [0, 0.05) is 6.42 Å². The fourth-order valence-electron chi connectivity index (χ4n) is 2.43. The number of para-hydroxylation sites is 1. The summed E-state index contributed by atoms with van der Waals surface area (Å²) in [6, 6.07) is 9.60. The van der Waals surface area contributed by atoms with Gasteiger partial charge in [-0.1, -0.05) is 19.1 Å². The van der Waals surface area contributed by atoms with Crippen LogP contribution in [0, 0.1) is 13.8 Å². The summed E-state index contributed by atoms with van der Waals surface area (Å²) in [5.41, 5.74) is 2.54. The Kier molecular flexibility index (Phi) is 6.11. The molecule has 0 aliphatic heterocycles. The Bertz CT molecular complexity index is 857. The monoisotopic (exact) mass is 355 g/mol. The summed E-state index contributed by atoms with van der Waals surface area (Å²) >= 11 is 0. The van der Waals surface area contributed by atoms with E-state index in [4.69, 9.17) is 9.84 Å². The minimum absolute atomic E-state index is 0.00567. The number of carbonyl (C=O) groups excluding carboxylic acids is 2. The van der Waals surface area contributed by atoms with Crippen molar-refractivity contribution in [3.05, 3.63) is 58.7 Å². The molecule has 2 aromatic carbocycles. The number of rotatable bonds is 7.